The van der Waals surface area contributed by atoms with Crippen molar-refractivity contribution in [3.63, 3.8) is 0 Å². The monoisotopic (exact) mass is 374 g/mol. The van der Waals surface area contributed by atoms with Gasteiger partial charge >= 0.3 is 0 Å². The van der Waals surface area contributed by atoms with E-state index in [0.717, 1.165) is 39.2 Å². The van der Waals surface area contributed by atoms with Gasteiger partial charge in [0, 0.05) is 5.56 Å². The molecule has 4 rings (SSSR count). The minimum atomic E-state index is -0.546. The highest BCUT2D eigenvalue weighted by Crippen LogP contribution is 2.38. The Morgan fingerprint density at radius 3 is 1.83 bits per heavy atom. The molecule has 140 valence electrons. The lowest BCUT2D eigenvalue weighted by atomic mass is 9.62. The predicted octanol–water partition coefficient (Wildman–Crippen LogP) is 5.50. The first-order valence-electron chi connectivity index (χ1n) is 9.93. The zero-order valence-electron chi connectivity index (χ0n) is 17.5. The molecule has 0 bridgehead atoms. The van der Waals surface area contributed by atoms with E-state index in [0.29, 0.717) is 0 Å². The molecule has 0 saturated carbocycles. The van der Waals surface area contributed by atoms with Crippen LogP contribution in [0.1, 0.15) is 38.8 Å². The third kappa shape index (κ3) is 3.53. The molecule has 0 fully saturated rings. The van der Waals surface area contributed by atoms with Crippen LogP contribution in [-0.4, -0.2) is 25.2 Å². The molecule has 0 spiro atoms. The molecule has 1 heterocycles. The number of para-hydroxylation sites is 3. The highest BCUT2D eigenvalue weighted by atomic mass is 15.1. The molecule has 0 aliphatic rings. The molecule has 0 unspecified atom stereocenters. The second-order valence-electron chi connectivity index (χ2n) is 8.77. The lowest BCUT2D eigenvalue weighted by Gasteiger charge is -2.31. The van der Waals surface area contributed by atoms with Crippen molar-refractivity contribution in [2.45, 2.75) is 38.3 Å². The number of nitrogens with zero attached hydrogens (tertiary/aromatic N) is 2. The largest absolute Gasteiger partial charge is 0.292 e. The number of fused-ring (bicyclic) bond motifs is 1. The van der Waals surface area contributed by atoms with Crippen molar-refractivity contribution in [1.29, 1.82) is 0 Å². The molecule has 4 radical (unpaired) electrons. The van der Waals surface area contributed by atoms with Crippen LogP contribution in [0.25, 0.3) is 28.1 Å². The van der Waals surface area contributed by atoms with Gasteiger partial charge in [-0.3, -0.25) is 4.57 Å². The average Bonchev–Trinajstić information content (AvgIpc) is 3.06. The van der Waals surface area contributed by atoms with E-state index in [1.165, 1.54) is 0 Å². The normalized spacial score (nSPS) is 12.4. The second kappa shape index (κ2) is 6.95. The first-order chi connectivity index (χ1) is 13.7. The van der Waals surface area contributed by atoms with Gasteiger partial charge in [0.25, 0.3) is 0 Å². The first kappa shape index (κ1) is 19.6. The quantitative estimate of drug-likeness (QED) is 0.432. The molecule has 2 nitrogen and oxygen atoms in total. The average molecular weight is 374 g/mol. The second-order valence-corrected chi connectivity index (χ2v) is 8.77. The van der Waals surface area contributed by atoms with Gasteiger partial charge in [-0.2, -0.15) is 0 Å². The van der Waals surface area contributed by atoms with Crippen LogP contribution in [0.4, 0.5) is 0 Å². The number of imidazole rings is 1. The van der Waals surface area contributed by atoms with Crippen LogP contribution >= 0.6 is 0 Å². The summed E-state index contributed by atoms with van der Waals surface area (Å²) in [5.74, 6) is 0.883. The summed E-state index contributed by atoms with van der Waals surface area (Å²) in [6.45, 7) is 8.11. The Balaban J connectivity index is 2.19. The fourth-order valence-corrected chi connectivity index (χ4v) is 3.86. The summed E-state index contributed by atoms with van der Waals surface area (Å²) in [4.78, 5) is 4.99. The molecule has 0 atom stereocenters. The van der Waals surface area contributed by atoms with E-state index in [2.05, 4.69) is 34.9 Å². The molecule has 29 heavy (non-hydrogen) atoms. The third-order valence-corrected chi connectivity index (χ3v) is 5.24. The van der Waals surface area contributed by atoms with Gasteiger partial charge in [0.2, 0.25) is 0 Å². The van der Waals surface area contributed by atoms with Gasteiger partial charge in [0.15, 0.2) is 0 Å². The Hall–Kier alpha value is -2.74. The van der Waals surface area contributed by atoms with E-state index in [1.807, 2.05) is 70.2 Å². The molecule has 4 aromatic rings. The molecular weight excluding hydrogens is 350 g/mol. The van der Waals surface area contributed by atoms with Gasteiger partial charge in [-0.15, -0.1) is 0 Å². The summed E-state index contributed by atoms with van der Waals surface area (Å²) < 4.78 is 2.22. The smallest absolute Gasteiger partial charge is 0.145 e. The standard InChI is InChI=1S/C25H24B2N2/c1-24(2,26)18-13-10-14-19(25(3,4)27)22(18)29-21-16-9-8-15-20(21)28-23(29)17-11-6-5-7-12-17/h5-16H,1-4H3. The van der Waals surface area contributed by atoms with Crippen molar-refractivity contribution >= 4 is 26.7 Å². The molecule has 1 aromatic heterocycles. The van der Waals surface area contributed by atoms with Crippen molar-refractivity contribution in [3.05, 3.63) is 83.9 Å². The van der Waals surface area contributed by atoms with Gasteiger partial charge in [-0.25, -0.2) is 4.98 Å². The van der Waals surface area contributed by atoms with Crippen LogP contribution in [0.5, 0.6) is 0 Å². The van der Waals surface area contributed by atoms with Crippen molar-refractivity contribution in [2.75, 3.05) is 0 Å². The molecule has 0 aliphatic heterocycles. The number of hydrogen-bond acceptors (Lipinski definition) is 1. The van der Waals surface area contributed by atoms with Crippen LogP contribution in [-0.2, 0) is 10.6 Å². The van der Waals surface area contributed by atoms with Crippen LogP contribution in [0.2, 0.25) is 0 Å². The van der Waals surface area contributed by atoms with Gasteiger partial charge in [0.05, 0.1) is 32.4 Å². The Kier molecular flexibility index (Phi) is 4.69. The lowest BCUT2D eigenvalue weighted by Crippen LogP contribution is -2.26. The number of benzene rings is 3. The highest BCUT2D eigenvalue weighted by Gasteiger charge is 2.28. The Morgan fingerprint density at radius 1 is 0.690 bits per heavy atom. The molecule has 0 amide bonds. The molecule has 4 heteroatoms. The van der Waals surface area contributed by atoms with E-state index in [4.69, 9.17) is 20.7 Å². The van der Waals surface area contributed by atoms with Crippen molar-refractivity contribution in [1.82, 2.24) is 9.55 Å². The number of aromatic nitrogens is 2. The SMILES string of the molecule is [B]C(C)(C)c1cccc(C([B])(C)C)c1-n1c(-c2ccccc2)nc2ccccc21. The minimum Gasteiger partial charge on any atom is -0.292 e. The first-order valence-corrected chi connectivity index (χ1v) is 9.93. The summed E-state index contributed by atoms with van der Waals surface area (Å²) in [5.41, 5.74) is 6.11. The predicted molar refractivity (Wildman–Crippen MR) is 124 cm³/mol. The lowest BCUT2D eigenvalue weighted by molar-refractivity contribution is 0.721. The fourth-order valence-electron chi connectivity index (χ4n) is 3.86. The number of rotatable bonds is 4. The fraction of sp³-hybridized carbons (Fsp3) is 0.240. The molecule has 0 aliphatic carbocycles. The summed E-state index contributed by atoms with van der Waals surface area (Å²) in [6.07, 6.45) is 0. The maximum atomic E-state index is 6.63. The van der Waals surface area contributed by atoms with Crippen LogP contribution in [0.15, 0.2) is 72.8 Å². The molecular formula is C25H24B2N2. The van der Waals surface area contributed by atoms with E-state index < -0.39 is 10.6 Å². The van der Waals surface area contributed by atoms with Crippen molar-refractivity contribution in [2.24, 2.45) is 0 Å². The summed E-state index contributed by atoms with van der Waals surface area (Å²) in [7, 11) is 13.3. The Morgan fingerprint density at radius 2 is 1.24 bits per heavy atom. The molecule has 3 aromatic carbocycles. The zero-order chi connectivity index (χ0) is 20.8. The molecule has 0 N–H and O–H groups in total. The Labute approximate surface area is 175 Å². The van der Waals surface area contributed by atoms with Crippen molar-refractivity contribution in [3.8, 4) is 17.1 Å². The van der Waals surface area contributed by atoms with Gasteiger partial charge in [-0.05, 0) is 33.9 Å². The van der Waals surface area contributed by atoms with E-state index in [1.54, 1.807) is 0 Å². The maximum Gasteiger partial charge on any atom is 0.145 e. The Bertz CT molecular complexity index is 1130. The minimum absolute atomic E-state index is 0.546. The van der Waals surface area contributed by atoms with Gasteiger partial charge < -0.3 is 0 Å². The van der Waals surface area contributed by atoms with Crippen molar-refractivity contribution < 1.29 is 0 Å². The highest BCUT2D eigenvalue weighted by molar-refractivity contribution is 6.17. The third-order valence-electron chi connectivity index (χ3n) is 5.24. The molecule has 0 saturated heterocycles. The van der Waals surface area contributed by atoms with E-state index >= 15 is 0 Å². The zero-order valence-corrected chi connectivity index (χ0v) is 17.5. The van der Waals surface area contributed by atoms with Crippen LogP contribution in [0, 0.1) is 0 Å². The summed E-state index contributed by atoms with van der Waals surface area (Å²) in [6, 6.07) is 24.7. The van der Waals surface area contributed by atoms with Gasteiger partial charge in [0.1, 0.15) is 5.82 Å². The van der Waals surface area contributed by atoms with E-state index in [9.17, 15) is 0 Å². The van der Waals surface area contributed by atoms with Gasteiger partial charge in [-0.1, -0.05) is 88.4 Å². The number of hydrogen-bond donors (Lipinski definition) is 0. The summed E-state index contributed by atoms with van der Waals surface area (Å²) >= 11 is 0. The topological polar surface area (TPSA) is 17.8 Å². The summed E-state index contributed by atoms with van der Waals surface area (Å²) in [5, 5.41) is -1.09. The van der Waals surface area contributed by atoms with Crippen LogP contribution < -0.4 is 0 Å². The maximum absolute atomic E-state index is 6.63. The van der Waals surface area contributed by atoms with Crippen LogP contribution in [0.3, 0.4) is 0 Å². The van der Waals surface area contributed by atoms with E-state index in [-0.39, 0.29) is 0 Å².